The summed E-state index contributed by atoms with van der Waals surface area (Å²) in [4.78, 5) is 0. The molecule has 1 aliphatic carbocycles. The molecule has 1 atom stereocenters. The maximum atomic E-state index is 6.21. The van der Waals surface area contributed by atoms with Crippen molar-refractivity contribution in [1.82, 2.24) is 4.57 Å². The highest BCUT2D eigenvalue weighted by Gasteiger charge is 2.21. The quantitative estimate of drug-likeness (QED) is 0.886. The average molecular weight is 319 g/mol. The van der Waals surface area contributed by atoms with Crippen molar-refractivity contribution in [3.63, 3.8) is 0 Å². The van der Waals surface area contributed by atoms with Crippen LogP contribution < -0.4 is 5.73 Å². The maximum absolute atomic E-state index is 6.21. The fourth-order valence-electron chi connectivity index (χ4n) is 3.03. The van der Waals surface area contributed by atoms with E-state index in [1.807, 2.05) is 0 Å². The second-order valence-corrected chi connectivity index (χ2v) is 6.13. The summed E-state index contributed by atoms with van der Waals surface area (Å²) in [6.07, 6.45) is 6.65. The Morgan fingerprint density at radius 2 is 2.21 bits per heavy atom. The zero-order valence-corrected chi connectivity index (χ0v) is 12.8. The molecule has 0 aliphatic heterocycles. The number of hydrogen-bond acceptors (Lipinski definition) is 1. The Morgan fingerprint density at radius 1 is 1.37 bits per heavy atom. The first kappa shape index (κ1) is 12.9. The minimum atomic E-state index is 0.213. The number of nitrogens with zero attached hydrogens (tertiary/aromatic N) is 1. The third-order valence-corrected chi connectivity index (χ3v) is 4.53. The van der Waals surface area contributed by atoms with Crippen LogP contribution >= 0.6 is 15.9 Å². The number of fused-ring (bicyclic) bond motifs is 1. The lowest BCUT2D eigenvalue weighted by molar-refractivity contribution is 0.560. The summed E-state index contributed by atoms with van der Waals surface area (Å²) in [7, 11) is 0. The molecule has 100 valence electrons. The molecule has 0 bridgehead atoms. The number of aryl methyl sites for hydroxylation is 1. The number of halogens is 1. The van der Waals surface area contributed by atoms with E-state index in [9.17, 15) is 0 Å². The smallest absolute Gasteiger partial charge is 0.0485 e. The lowest BCUT2D eigenvalue weighted by Crippen LogP contribution is -2.18. The topological polar surface area (TPSA) is 30.9 Å². The summed E-state index contributed by atoms with van der Waals surface area (Å²) < 4.78 is 3.48. The lowest BCUT2D eigenvalue weighted by Gasteiger charge is -2.22. The van der Waals surface area contributed by atoms with Crippen LogP contribution in [0.5, 0.6) is 0 Å². The largest absolute Gasteiger partial charge is 0.324 e. The predicted molar refractivity (Wildman–Crippen MR) is 82.7 cm³/mol. The van der Waals surface area contributed by atoms with E-state index in [1.54, 1.807) is 0 Å². The number of nitrogens with two attached hydrogens (primary N) is 1. The van der Waals surface area contributed by atoms with Crippen LogP contribution in [-0.4, -0.2) is 4.57 Å². The van der Waals surface area contributed by atoms with Crippen LogP contribution in [0.25, 0.3) is 5.69 Å². The van der Waals surface area contributed by atoms with Crippen LogP contribution in [0.3, 0.4) is 0 Å². The van der Waals surface area contributed by atoms with Crippen LogP contribution in [-0.2, 0) is 12.8 Å². The molecule has 0 fully saturated rings. The SMILES string of the molecule is CCc1cc(Br)ccc1-n1ccc2c1CCCC2N. The van der Waals surface area contributed by atoms with Crippen LogP contribution in [0.2, 0.25) is 0 Å². The summed E-state index contributed by atoms with van der Waals surface area (Å²) in [6.45, 7) is 2.20. The fourth-order valence-corrected chi connectivity index (χ4v) is 3.43. The zero-order chi connectivity index (χ0) is 13.4. The fraction of sp³-hybridized carbons (Fsp3) is 0.375. The lowest BCUT2D eigenvalue weighted by atomic mass is 9.93. The molecular formula is C16H19BrN2. The molecule has 2 aromatic rings. The minimum Gasteiger partial charge on any atom is -0.324 e. The molecule has 0 amide bonds. The Morgan fingerprint density at radius 3 is 3.00 bits per heavy atom. The molecule has 1 aromatic carbocycles. The molecule has 0 saturated carbocycles. The first-order valence-corrected chi connectivity index (χ1v) is 7.74. The van der Waals surface area contributed by atoms with E-state index in [4.69, 9.17) is 5.73 Å². The van der Waals surface area contributed by atoms with Gasteiger partial charge in [-0.1, -0.05) is 22.9 Å². The summed E-state index contributed by atoms with van der Waals surface area (Å²) in [5.41, 5.74) is 11.6. The van der Waals surface area contributed by atoms with Gasteiger partial charge in [0.1, 0.15) is 0 Å². The number of hydrogen-bond donors (Lipinski definition) is 1. The van der Waals surface area contributed by atoms with Crippen LogP contribution in [0.15, 0.2) is 34.9 Å². The monoisotopic (exact) mass is 318 g/mol. The minimum absolute atomic E-state index is 0.213. The zero-order valence-electron chi connectivity index (χ0n) is 11.2. The van der Waals surface area contributed by atoms with Crippen molar-refractivity contribution in [3.8, 4) is 5.69 Å². The molecule has 1 aromatic heterocycles. The second kappa shape index (κ2) is 5.14. The number of aromatic nitrogens is 1. The molecule has 2 N–H and O–H groups in total. The Kier molecular flexibility index (Phi) is 3.50. The third kappa shape index (κ3) is 2.26. The first-order chi connectivity index (χ1) is 9.20. The van der Waals surface area contributed by atoms with E-state index in [0.717, 1.165) is 23.7 Å². The third-order valence-electron chi connectivity index (χ3n) is 4.04. The van der Waals surface area contributed by atoms with Gasteiger partial charge in [0.15, 0.2) is 0 Å². The van der Waals surface area contributed by atoms with Gasteiger partial charge < -0.3 is 10.3 Å². The predicted octanol–water partition coefficient (Wildman–Crippen LogP) is 4.14. The molecule has 3 rings (SSSR count). The summed E-state index contributed by atoms with van der Waals surface area (Å²) in [5.74, 6) is 0. The van der Waals surface area contributed by atoms with Gasteiger partial charge >= 0.3 is 0 Å². The number of rotatable bonds is 2. The molecule has 1 unspecified atom stereocenters. The molecule has 1 heterocycles. The van der Waals surface area contributed by atoms with E-state index in [0.29, 0.717) is 0 Å². The summed E-state index contributed by atoms with van der Waals surface area (Å²) in [6, 6.07) is 8.93. The van der Waals surface area contributed by atoms with E-state index < -0.39 is 0 Å². The van der Waals surface area contributed by atoms with Gasteiger partial charge in [-0.05, 0) is 61.1 Å². The van der Waals surface area contributed by atoms with Crippen molar-refractivity contribution >= 4 is 15.9 Å². The van der Waals surface area contributed by atoms with E-state index >= 15 is 0 Å². The summed E-state index contributed by atoms with van der Waals surface area (Å²) in [5, 5.41) is 0. The molecular weight excluding hydrogens is 300 g/mol. The van der Waals surface area contributed by atoms with Crippen LogP contribution in [0.1, 0.15) is 42.6 Å². The number of benzene rings is 1. The Balaban J connectivity index is 2.13. The van der Waals surface area contributed by atoms with Crippen molar-refractivity contribution in [2.45, 2.75) is 38.6 Å². The highest BCUT2D eigenvalue weighted by atomic mass is 79.9. The molecule has 3 heteroatoms. The van der Waals surface area contributed by atoms with Gasteiger partial charge in [-0.15, -0.1) is 0 Å². The molecule has 0 spiro atoms. The van der Waals surface area contributed by atoms with Crippen molar-refractivity contribution in [1.29, 1.82) is 0 Å². The Labute approximate surface area is 122 Å². The highest BCUT2D eigenvalue weighted by Crippen LogP contribution is 2.32. The van der Waals surface area contributed by atoms with E-state index in [-0.39, 0.29) is 6.04 Å². The van der Waals surface area contributed by atoms with Gasteiger partial charge in [0, 0.05) is 28.1 Å². The molecule has 0 saturated heterocycles. The van der Waals surface area contributed by atoms with Crippen molar-refractivity contribution < 1.29 is 0 Å². The highest BCUT2D eigenvalue weighted by molar-refractivity contribution is 9.10. The Bertz CT molecular complexity index is 601. The average Bonchev–Trinajstić information content (AvgIpc) is 2.84. The van der Waals surface area contributed by atoms with Crippen LogP contribution in [0.4, 0.5) is 0 Å². The van der Waals surface area contributed by atoms with E-state index in [1.165, 1.54) is 28.9 Å². The second-order valence-electron chi connectivity index (χ2n) is 5.21. The molecule has 0 radical (unpaired) electrons. The van der Waals surface area contributed by atoms with Gasteiger partial charge in [0.25, 0.3) is 0 Å². The normalized spacial score (nSPS) is 18.4. The van der Waals surface area contributed by atoms with Gasteiger partial charge in [0.05, 0.1) is 0 Å². The van der Waals surface area contributed by atoms with E-state index in [2.05, 4.69) is 57.9 Å². The summed E-state index contributed by atoms with van der Waals surface area (Å²) >= 11 is 3.56. The van der Waals surface area contributed by atoms with Gasteiger partial charge in [-0.2, -0.15) is 0 Å². The van der Waals surface area contributed by atoms with Gasteiger partial charge in [-0.3, -0.25) is 0 Å². The van der Waals surface area contributed by atoms with Crippen molar-refractivity contribution in [3.05, 3.63) is 51.8 Å². The molecule has 19 heavy (non-hydrogen) atoms. The standard InChI is InChI=1S/C16H19BrN2/c1-2-11-10-12(17)6-7-15(11)19-9-8-13-14(18)4-3-5-16(13)19/h6-10,14H,2-5,18H2,1H3. The van der Waals surface area contributed by atoms with Gasteiger partial charge in [0.2, 0.25) is 0 Å². The van der Waals surface area contributed by atoms with Gasteiger partial charge in [-0.25, -0.2) is 0 Å². The van der Waals surface area contributed by atoms with Crippen LogP contribution in [0, 0.1) is 0 Å². The molecule has 1 aliphatic rings. The van der Waals surface area contributed by atoms with Crippen molar-refractivity contribution in [2.75, 3.05) is 0 Å². The van der Waals surface area contributed by atoms with Crippen molar-refractivity contribution in [2.24, 2.45) is 5.73 Å². The Hall–Kier alpha value is -1.06. The molecule has 2 nitrogen and oxygen atoms in total. The first-order valence-electron chi connectivity index (χ1n) is 6.95. The maximum Gasteiger partial charge on any atom is 0.0485 e.